The van der Waals surface area contributed by atoms with Gasteiger partial charge in [0.25, 0.3) is 11.1 Å². The second-order valence-corrected chi connectivity index (χ2v) is 8.21. The molecule has 1 amide bonds. The lowest BCUT2D eigenvalue weighted by Gasteiger charge is -2.14. The van der Waals surface area contributed by atoms with Crippen molar-refractivity contribution in [3.63, 3.8) is 0 Å². The number of carbonyl (C=O) groups excluding carboxylic acids is 1. The Labute approximate surface area is 196 Å². The van der Waals surface area contributed by atoms with E-state index in [1.165, 1.54) is 25.6 Å². The van der Waals surface area contributed by atoms with Crippen LogP contribution in [0.2, 0.25) is 0 Å². The van der Waals surface area contributed by atoms with Gasteiger partial charge in [-0.05, 0) is 30.0 Å². The molecular formula is C22H28N6O4S. The van der Waals surface area contributed by atoms with Crippen LogP contribution in [0.15, 0.2) is 23.6 Å². The average molecular weight is 473 g/mol. The smallest absolute Gasteiger partial charge is 0.279 e. The number of nitrogens with zero attached hydrogens (tertiary/aromatic N) is 3. The van der Waals surface area contributed by atoms with E-state index in [4.69, 9.17) is 19.9 Å². The van der Waals surface area contributed by atoms with E-state index in [0.717, 1.165) is 11.1 Å². The van der Waals surface area contributed by atoms with Crippen LogP contribution < -0.4 is 30.6 Å². The van der Waals surface area contributed by atoms with Crippen LogP contribution in [0.4, 0.5) is 11.6 Å². The van der Waals surface area contributed by atoms with Crippen LogP contribution in [0.25, 0.3) is 0 Å². The minimum atomic E-state index is -0.475. The molecule has 0 atom stereocenters. The molecular weight excluding hydrogens is 444 g/mol. The van der Waals surface area contributed by atoms with Gasteiger partial charge in [-0.2, -0.15) is 15.0 Å². The number of thiazole rings is 1. The third-order valence-corrected chi connectivity index (χ3v) is 5.40. The second-order valence-electron chi connectivity index (χ2n) is 7.39. The predicted molar refractivity (Wildman–Crippen MR) is 128 cm³/mol. The molecule has 0 bridgehead atoms. The van der Waals surface area contributed by atoms with Crippen molar-refractivity contribution >= 4 is 28.9 Å². The van der Waals surface area contributed by atoms with Gasteiger partial charge in [-0.3, -0.25) is 4.79 Å². The molecule has 2 heterocycles. The lowest BCUT2D eigenvalue weighted by atomic mass is 10.0. The van der Waals surface area contributed by atoms with Crippen LogP contribution in [-0.4, -0.2) is 48.2 Å². The molecule has 176 valence electrons. The van der Waals surface area contributed by atoms with E-state index in [9.17, 15) is 4.79 Å². The number of nitrogens with one attached hydrogen (secondary N) is 2. The first kappa shape index (κ1) is 24.2. The summed E-state index contributed by atoms with van der Waals surface area (Å²) < 4.78 is 16.6. The highest BCUT2D eigenvalue weighted by atomic mass is 32.1. The van der Waals surface area contributed by atoms with Crippen molar-refractivity contribution in [2.45, 2.75) is 26.7 Å². The monoisotopic (exact) mass is 472 g/mol. The summed E-state index contributed by atoms with van der Waals surface area (Å²) in [6.45, 7) is 7.08. The number of carbonyl (C=O) groups is 1. The van der Waals surface area contributed by atoms with Crippen LogP contribution in [0.1, 0.15) is 41.4 Å². The fourth-order valence-electron chi connectivity index (χ4n) is 2.85. The number of methoxy groups -OCH3 is 2. The Morgan fingerprint density at radius 1 is 1.15 bits per heavy atom. The molecule has 0 unspecified atom stereocenters. The van der Waals surface area contributed by atoms with Crippen molar-refractivity contribution in [1.29, 1.82) is 0 Å². The van der Waals surface area contributed by atoms with Gasteiger partial charge in [0.2, 0.25) is 17.7 Å². The number of ether oxygens (including phenoxy) is 3. The number of aromatic nitrogens is 3. The van der Waals surface area contributed by atoms with Crippen molar-refractivity contribution in [1.82, 2.24) is 15.0 Å². The Morgan fingerprint density at radius 2 is 1.85 bits per heavy atom. The maximum absolute atomic E-state index is 12.9. The highest BCUT2D eigenvalue weighted by Gasteiger charge is 2.21. The minimum Gasteiger partial charge on any atom is -0.479 e. The zero-order valence-corrected chi connectivity index (χ0v) is 20.1. The zero-order chi connectivity index (χ0) is 24.0. The Morgan fingerprint density at radius 3 is 2.45 bits per heavy atom. The lowest BCUT2D eigenvalue weighted by molar-refractivity contribution is 0.102. The van der Waals surface area contributed by atoms with Crippen molar-refractivity contribution in [2.75, 3.05) is 37.9 Å². The van der Waals surface area contributed by atoms with Crippen LogP contribution >= 0.6 is 11.3 Å². The lowest BCUT2D eigenvalue weighted by Crippen LogP contribution is -2.18. The number of benzene rings is 1. The van der Waals surface area contributed by atoms with E-state index in [1.54, 1.807) is 5.38 Å². The summed E-state index contributed by atoms with van der Waals surface area (Å²) in [5.74, 6) is 1.16. The quantitative estimate of drug-likeness (QED) is 0.403. The molecule has 0 saturated carbocycles. The fraction of sp³-hybridized carbons (Fsp3) is 0.364. The zero-order valence-electron chi connectivity index (χ0n) is 19.3. The molecule has 4 N–H and O–H groups in total. The van der Waals surface area contributed by atoms with Crippen LogP contribution in [0.3, 0.4) is 0 Å². The molecule has 10 nitrogen and oxygen atoms in total. The van der Waals surface area contributed by atoms with Gasteiger partial charge in [0.1, 0.15) is 11.4 Å². The minimum absolute atomic E-state index is 0.141. The van der Waals surface area contributed by atoms with Gasteiger partial charge in [-0.1, -0.05) is 37.3 Å². The third-order valence-electron chi connectivity index (χ3n) is 4.69. The molecule has 0 saturated heterocycles. The van der Waals surface area contributed by atoms with Crippen LogP contribution in [0.5, 0.6) is 22.7 Å². The maximum Gasteiger partial charge on any atom is 0.279 e. The largest absolute Gasteiger partial charge is 0.479 e. The maximum atomic E-state index is 12.9. The number of rotatable bonds is 10. The summed E-state index contributed by atoms with van der Waals surface area (Å²) in [7, 11) is 2.87. The molecule has 2 aromatic heterocycles. The van der Waals surface area contributed by atoms with Gasteiger partial charge in [-0.15, -0.1) is 0 Å². The molecule has 1 aromatic carbocycles. The first-order valence-corrected chi connectivity index (χ1v) is 11.2. The van der Waals surface area contributed by atoms with E-state index >= 15 is 0 Å². The molecule has 0 aliphatic rings. The van der Waals surface area contributed by atoms with Gasteiger partial charge in [0.05, 0.1) is 14.2 Å². The topological polar surface area (TPSA) is 134 Å². The average Bonchev–Trinajstić information content (AvgIpc) is 3.28. The van der Waals surface area contributed by atoms with E-state index < -0.39 is 5.91 Å². The molecule has 0 spiro atoms. The van der Waals surface area contributed by atoms with Gasteiger partial charge in [0.15, 0.2) is 5.69 Å². The van der Waals surface area contributed by atoms with E-state index in [0.29, 0.717) is 30.0 Å². The molecule has 33 heavy (non-hydrogen) atoms. The molecule has 0 fully saturated rings. The SMILES string of the molecule is COc1nc(NCCN)nc(OC)c1NC(=O)c1csc(Oc2cc(C(C)C)ccc2C)n1. The van der Waals surface area contributed by atoms with Gasteiger partial charge in [0, 0.05) is 18.5 Å². The first-order valence-electron chi connectivity index (χ1n) is 10.4. The Bertz CT molecular complexity index is 1090. The molecule has 0 aliphatic carbocycles. The summed E-state index contributed by atoms with van der Waals surface area (Å²) in [5, 5.41) is 7.64. The molecule has 3 rings (SSSR count). The second kappa shape index (κ2) is 10.9. The summed E-state index contributed by atoms with van der Waals surface area (Å²) in [6.07, 6.45) is 0. The number of anilines is 2. The van der Waals surface area contributed by atoms with E-state index in [2.05, 4.69) is 45.5 Å². The van der Waals surface area contributed by atoms with Crippen molar-refractivity contribution in [3.8, 4) is 22.7 Å². The summed E-state index contributed by atoms with van der Waals surface area (Å²) in [5.41, 5.74) is 8.02. The van der Waals surface area contributed by atoms with E-state index in [-0.39, 0.29) is 29.1 Å². The highest BCUT2D eigenvalue weighted by Crippen LogP contribution is 2.34. The fourth-order valence-corrected chi connectivity index (χ4v) is 3.51. The Balaban J connectivity index is 1.79. The highest BCUT2D eigenvalue weighted by molar-refractivity contribution is 7.11. The van der Waals surface area contributed by atoms with Gasteiger partial charge >= 0.3 is 0 Å². The van der Waals surface area contributed by atoms with Crippen molar-refractivity contribution in [3.05, 3.63) is 40.4 Å². The first-order chi connectivity index (χ1) is 15.9. The van der Waals surface area contributed by atoms with Gasteiger partial charge < -0.3 is 30.6 Å². The number of amides is 1. The Hall–Kier alpha value is -3.44. The molecule has 0 aliphatic heterocycles. The predicted octanol–water partition coefficient (Wildman–Crippen LogP) is 3.80. The number of aryl methyl sites for hydroxylation is 1. The van der Waals surface area contributed by atoms with Crippen LogP contribution in [-0.2, 0) is 0 Å². The molecule has 0 radical (unpaired) electrons. The summed E-state index contributed by atoms with van der Waals surface area (Å²) in [4.78, 5) is 25.7. The number of hydrogen-bond donors (Lipinski definition) is 3. The van der Waals surface area contributed by atoms with Crippen molar-refractivity contribution in [2.24, 2.45) is 5.73 Å². The summed E-state index contributed by atoms with van der Waals surface area (Å²) in [6, 6.07) is 6.08. The third kappa shape index (κ3) is 5.88. The molecule has 11 heteroatoms. The van der Waals surface area contributed by atoms with Crippen molar-refractivity contribution < 1.29 is 19.0 Å². The van der Waals surface area contributed by atoms with E-state index in [1.807, 2.05) is 19.1 Å². The van der Waals surface area contributed by atoms with Gasteiger partial charge in [-0.25, -0.2) is 0 Å². The molecule has 3 aromatic rings. The summed E-state index contributed by atoms with van der Waals surface area (Å²) >= 11 is 1.23. The van der Waals surface area contributed by atoms with Crippen LogP contribution in [0, 0.1) is 6.92 Å². The normalized spacial score (nSPS) is 10.8. The number of hydrogen-bond acceptors (Lipinski definition) is 10. The number of nitrogens with two attached hydrogens (primary N) is 1. The standard InChI is InChI=1S/C22H28N6O4S/c1-12(2)14-7-6-13(3)16(10-14)32-22-25-15(11-33-22)18(29)26-17-19(30-4)27-21(24-9-8-23)28-20(17)31-5/h6-7,10-12H,8-9,23H2,1-5H3,(H,26,29)(H,24,27,28). The Kier molecular flexibility index (Phi) is 8.01.